The maximum atomic E-state index is 13.6. The fourth-order valence-electron chi connectivity index (χ4n) is 3.35. The number of unbranched alkanes of at least 4 members (excludes halogenated alkanes) is 1. The van der Waals surface area contributed by atoms with Crippen molar-refractivity contribution in [3.05, 3.63) is 29.7 Å². The Kier molecular flexibility index (Phi) is 10.1. The molecule has 37 heavy (non-hydrogen) atoms. The number of hydrogen-bond donors (Lipinski definition) is 3. The topological polar surface area (TPSA) is 148 Å². The Morgan fingerprint density at radius 3 is 2.46 bits per heavy atom. The molecule has 16 heteroatoms. The zero-order valence-corrected chi connectivity index (χ0v) is 19.5. The molecule has 4 N–H and O–H groups in total. The van der Waals surface area contributed by atoms with Gasteiger partial charge in [0.15, 0.2) is 5.96 Å². The summed E-state index contributed by atoms with van der Waals surface area (Å²) < 4.78 is 87.9. The van der Waals surface area contributed by atoms with E-state index in [1.54, 1.807) is 12.0 Å². The van der Waals surface area contributed by atoms with Crippen LogP contribution in [-0.4, -0.2) is 65.1 Å². The van der Waals surface area contributed by atoms with Gasteiger partial charge in [0.1, 0.15) is 11.8 Å². The standard InChI is InChI=1S/C19H24F3N5O3.C2HF3O2/c1-28-9-2-3-10-29-15-7-6-12(11-13(15)19(20,21)22)16-25-17(30-26-16)14-5-4-8-27(14)18(23)24;3-2(4,5)1(6)7/h6-7,11,14H,2-5,8-10H2,1H3,(H3,23,24);(H,6,7)/t14-;/m0./s1. The summed E-state index contributed by atoms with van der Waals surface area (Å²) in [6.45, 7) is 1.27. The SMILES string of the molecule is COCCCCOc1ccc(-c2noc([C@@H]3CCCN3C(=N)N)n2)cc1C(F)(F)F.O=C(O)C(F)(F)F. The summed E-state index contributed by atoms with van der Waals surface area (Å²) in [5.41, 5.74) is 4.83. The number of alkyl halides is 6. The Morgan fingerprint density at radius 1 is 1.24 bits per heavy atom. The molecule has 1 aliphatic rings. The fraction of sp³-hybridized carbons (Fsp3) is 0.524. The first kappa shape index (κ1) is 29.7. The third-order valence-corrected chi connectivity index (χ3v) is 5.08. The maximum absolute atomic E-state index is 13.6. The highest BCUT2D eigenvalue weighted by atomic mass is 19.4. The molecule has 1 atom stereocenters. The lowest BCUT2D eigenvalue weighted by atomic mass is 10.1. The molecule has 1 aromatic heterocycles. The van der Waals surface area contributed by atoms with Gasteiger partial charge in [-0.1, -0.05) is 5.16 Å². The molecule has 2 aromatic rings. The van der Waals surface area contributed by atoms with Crippen LogP contribution in [0.5, 0.6) is 5.75 Å². The van der Waals surface area contributed by atoms with Crippen molar-refractivity contribution in [1.29, 1.82) is 5.41 Å². The molecule has 0 saturated carbocycles. The molecular weight excluding hydrogens is 516 g/mol. The number of guanidine groups is 1. The van der Waals surface area contributed by atoms with E-state index in [9.17, 15) is 26.3 Å². The Bertz CT molecular complexity index is 1060. The van der Waals surface area contributed by atoms with Gasteiger partial charge < -0.3 is 29.7 Å². The van der Waals surface area contributed by atoms with E-state index in [1.165, 1.54) is 12.1 Å². The molecule has 2 heterocycles. The van der Waals surface area contributed by atoms with E-state index in [1.807, 2.05) is 0 Å². The molecule has 1 aromatic carbocycles. The van der Waals surface area contributed by atoms with Gasteiger partial charge in [0.2, 0.25) is 11.7 Å². The van der Waals surface area contributed by atoms with Crippen molar-refractivity contribution < 1.29 is 50.2 Å². The van der Waals surface area contributed by atoms with Crippen LogP contribution in [0.25, 0.3) is 11.4 Å². The summed E-state index contributed by atoms with van der Waals surface area (Å²) in [4.78, 5) is 14.8. The van der Waals surface area contributed by atoms with Crippen LogP contribution >= 0.6 is 0 Å². The van der Waals surface area contributed by atoms with Crippen LogP contribution < -0.4 is 10.5 Å². The normalized spacial score (nSPS) is 15.8. The van der Waals surface area contributed by atoms with Gasteiger partial charge in [-0.25, -0.2) is 4.79 Å². The molecule has 206 valence electrons. The summed E-state index contributed by atoms with van der Waals surface area (Å²) in [5, 5.41) is 18.6. The number of nitrogens with two attached hydrogens (primary N) is 1. The first-order chi connectivity index (χ1) is 17.3. The zero-order chi connectivity index (χ0) is 27.8. The molecule has 0 amide bonds. The third kappa shape index (κ3) is 8.51. The largest absolute Gasteiger partial charge is 0.493 e. The van der Waals surface area contributed by atoms with Crippen LogP contribution in [0.2, 0.25) is 0 Å². The van der Waals surface area contributed by atoms with E-state index >= 15 is 0 Å². The molecule has 0 unspecified atom stereocenters. The number of carboxylic acid groups (broad SMARTS) is 1. The fourth-order valence-corrected chi connectivity index (χ4v) is 3.35. The van der Waals surface area contributed by atoms with Crippen molar-refractivity contribution in [3.63, 3.8) is 0 Å². The Hall–Kier alpha value is -3.56. The molecule has 1 fully saturated rings. The molecular formula is C21H25F6N5O5. The molecule has 0 spiro atoms. The van der Waals surface area contributed by atoms with Crippen molar-refractivity contribution in [2.45, 2.75) is 44.1 Å². The molecule has 1 saturated heterocycles. The van der Waals surface area contributed by atoms with Gasteiger partial charge in [-0.15, -0.1) is 0 Å². The summed E-state index contributed by atoms with van der Waals surface area (Å²) in [7, 11) is 1.56. The molecule has 0 radical (unpaired) electrons. The number of rotatable bonds is 8. The number of carbonyl (C=O) groups is 1. The van der Waals surface area contributed by atoms with Crippen LogP contribution in [-0.2, 0) is 15.7 Å². The second-order valence-electron chi connectivity index (χ2n) is 7.75. The van der Waals surface area contributed by atoms with E-state index in [4.69, 9.17) is 35.0 Å². The second kappa shape index (κ2) is 12.6. The first-order valence-electron chi connectivity index (χ1n) is 10.8. The number of likely N-dealkylation sites (tertiary alicyclic amines) is 1. The van der Waals surface area contributed by atoms with Crippen molar-refractivity contribution >= 4 is 11.9 Å². The van der Waals surface area contributed by atoms with Gasteiger partial charge in [0, 0.05) is 25.8 Å². The van der Waals surface area contributed by atoms with Crippen molar-refractivity contribution in [1.82, 2.24) is 15.0 Å². The Balaban J connectivity index is 0.000000604. The highest BCUT2D eigenvalue weighted by Crippen LogP contribution is 2.39. The number of hydrogen-bond acceptors (Lipinski definition) is 7. The van der Waals surface area contributed by atoms with Gasteiger partial charge in [-0.05, 0) is 43.9 Å². The molecule has 1 aliphatic heterocycles. The van der Waals surface area contributed by atoms with Gasteiger partial charge in [0.05, 0.1) is 12.2 Å². The van der Waals surface area contributed by atoms with Gasteiger partial charge in [-0.2, -0.15) is 31.3 Å². The average Bonchev–Trinajstić information content (AvgIpc) is 3.48. The number of nitrogens with one attached hydrogen (secondary N) is 1. The van der Waals surface area contributed by atoms with E-state index < -0.39 is 23.9 Å². The maximum Gasteiger partial charge on any atom is 0.490 e. The highest BCUT2D eigenvalue weighted by Gasteiger charge is 2.38. The van der Waals surface area contributed by atoms with Gasteiger partial charge in [0.25, 0.3) is 0 Å². The van der Waals surface area contributed by atoms with E-state index in [2.05, 4.69) is 10.1 Å². The average molecular weight is 541 g/mol. The lowest BCUT2D eigenvalue weighted by Gasteiger charge is -2.21. The van der Waals surface area contributed by atoms with E-state index in [0.29, 0.717) is 32.4 Å². The summed E-state index contributed by atoms with van der Waals surface area (Å²) >= 11 is 0. The predicted molar refractivity (Wildman–Crippen MR) is 116 cm³/mol. The highest BCUT2D eigenvalue weighted by molar-refractivity contribution is 5.75. The van der Waals surface area contributed by atoms with Gasteiger partial charge >= 0.3 is 18.3 Å². The van der Waals surface area contributed by atoms with Crippen molar-refractivity contribution in [3.8, 4) is 17.1 Å². The lowest BCUT2D eigenvalue weighted by Crippen LogP contribution is -2.35. The van der Waals surface area contributed by atoms with Crippen LogP contribution in [0.15, 0.2) is 22.7 Å². The van der Waals surface area contributed by atoms with Crippen molar-refractivity contribution in [2.75, 3.05) is 26.9 Å². The number of nitrogens with zero attached hydrogens (tertiary/aromatic N) is 3. The second-order valence-corrected chi connectivity index (χ2v) is 7.75. The number of benzene rings is 1. The first-order valence-corrected chi connectivity index (χ1v) is 10.8. The molecule has 3 rings (SSSR count). The molecule has 0 aliphatic carbocycles. The third-order valence-electron chi connectivity index (χ3n) is 5.08. The quantitative estimate of drug-likeness (QED) is 0.193. The van der Waals surface area contributed by atoms with E-state index in [0.717, 1.165) is 12.5 Å². The van der Waals surface area contributed by atoms with Crippen molar-refractivity contribution in [2.24, 2.45) is 5.73 Å². The monoisotopic (exact) mass is 541 g/mol. The lowest BCUT2D eigenvalue weighted by molar-refractivity contribution is -0.192. The summed E-state index contributed by atoms with van der Waals surface area (Å²) in [6, 6.07) is 3.34. The minimum absolute atomic E-state index is 0.0394. The van der Waals surface area contributed by atoms with Crippen LogP contribution in [0.1, 0.15) is 43.2 Å². The number of carboxylic acids is 1. The van der Waals surface area contributed by atoms with Crippen LogP contribution in [0, 0.1) is 5.41 Å². The number of ether oxygens (including phenoxy) is 2. The number of methoxy groups -OCH3 is 1. The Labute approximate surface area is 206 Å². The smallest absolute Gasteiger partial charge is 0.490 e. The summed E-state index contributed by atoms with van der Waals surface area (Å²) in [5.74, 6) is -2.84. The molecule has 0 bridgehead atoms. The van der Waals surface area contributed by atoms with Gasteiger partial charge in [-0.3, -0.25) is 5.41 Å². The van der Waals surface area contributed by atoms with E-state index in [-0.39, 0.29) is 41.6 Å². The number of halogens is 6. The predicted octanol–water partition coefficient (Wildman–Crippen LogP) is 4.22. The zero-order valence-electron chi connectivity index (χ0n) is 19.5. The molecule has 10 nitrogen and oxygen atoms in total. The minimum atomic E-state index is -5.08. The minimum Gasteiger partial charge on any atom is -0.493 e. The van der Waals surface area contributed by atoms with Crippen LogP contribution in [0.4, 0.5) is 26.3 Å². The van der Waals surface area contributed by atoms with Crippen LogP contribution in [0.3, 0.4) is 0 Å². The Morgan fingerprint density at radius 2 is 1.89 bits per heavy atom. The summed E-state index contributed by atoms with van der Waals surface area (Å²) in [6.07, 6.45) is -6.93. The number of aliphatic carboxylic acids is 1. The number of aromatic nitrogens is 2.